The van der Waals surface area contributed by atoms with Gasteiger partial charge in [-0.25, -0.2) is 9.07 Å². The van der Waals surface area contributed by atoms with Gasteiger partial charge in [0.15, 0.2) is 0 Å². The molecule has 0 bridgehead atoms. The standard InChI is InChI=1S/C10H10FN3/c1-7-4-5-14(13-7)8-2-3-9(11)10(12)6-8/h2-6H,12H2,1H3. The van der Waals surface area contributed by atoms with Crippen LogP contribution in [0.15, 0.2) is 30.5 Å². The predicted octanol–water partition coefficient (Wildman–Crippen LogP) is 1.90. The highest BCUT2D eigenvalue weighted by Crippen LogP contribution is 2.15. The van der Waals surface area contributed by atoms with Crippen molar-refractivity contribution in [3.63, 3.8) is 0 Å². The Kier molecular flexibility index (Phi) is 1.96. The molecule has 0 aliphatic rings. The highest BCUT2D eigenvalue weighted by atomic mass is 19.1. The number of benzene rings is 1. The van der Waals surface area contributed by atoms with E-state index in [1.807, 2.05) is 19.2 Å². The molecule has 1 aromatic heterocycles. The summed E-state index contributed by atoms with van der Waals surface area (Å²) in [6, 6.07) is 6.40. The summed E-state index contributed by atoms with van der Waals surface area (Å²) in [5, 5.41) is 4.19. The minimum atomic E-state index is -0.405. The molecule has 0 amide bonds. The minimum absolute atomic E-state index is 0.135. The summed E-state index contributed by atoms with van der Waals surface area (Å²) in [5.41, 5.74) is 7.25. The molecule has 0 aliphatic heterocycles. The number of aromatic nitrogens is 2. The Bertz CT molecular complexity index is 462. The fraction of sp³-hybridized carbons (Fsp3) is 0.100. The molecule has 72 valence electrons. The van der Waals surface area contributed by atoms with Crippen molar-refractivity contribution < 1.29 is 4.39 Å². The van der Waals surface area contributed by atoms with Crippen LogP contribution in [0.2, 0.25) is 0 Å². The molecule has 3 nitrogen and oxygen atoms in total. The van der Waals surface area contributed by atoms with Crippen molar-refractivity contribution >= 4 is 5.69 Å². The number of nitrogens with two attached hydrogens (primary N) is 1. The second-order valence-electron chi connectivity index (χ2n) is 3.11. The topological polar surface area (TPSA) is 43.8 Å². The van der Waals surface area contributed by atoms with Crippen LogP contribution in [0, 0.1) is 12.7 Å². The van der Waals surface area contributed by atoms with Crippen LogP contribution < -0.4 is 5.73 Å². The normalized spacial score (nSPS) is 10.4. The first-order valence-corrected chi connectivity index (χ1v) is 4.24. The lowest BCUT2D eigenvalue weighted by Crippen LogP contribution is -1.98. The molecule has 0 fully saturated rings. The molecule has 1 heterocycles. The number of anilines is 1. The van der Waals surface area contributed by atoms with E-state index in [1.54, 1.807) is 16.8 Å². The van der Waals surface area contributed by atoms with Gasteiger partial charge in [0.1, 0.15) is 5.82 Å². The molecular weight excluding hydrogens is 181 g/mol. The Morgan fingerprint density at radius 2 is 2.14 bits per heavy atom. The SMILES string of the molecule is Cc1ccn(-c2ccc(F)c(N)c2)n1. The van der Waals surface area contributed by atoms with Gasteiger partial charge in [0.05, 0.1) is 17.1 Å². The van der Waals surface area contributed by atoms with Crippen molar-refractivity contribution in [1.82, 2.24) is 9.78 Å². The smallest absolute Gasteiger partial charge is 0.146 e. The molecule has 0 spiro atoms. The van der Waals surface area contributed by atoms with Gasteiger partial charge in [-0.05, 0) is 31.2 Å². The van der Waals surface area contributed by atoms with Gasteiger partial charge in [0.25, 0.3) is 0 Å². The van der Waals surface area contributed by atoms with E-state index in [-0.39, 0.29) is 5.69 Å². The van der Waals surface area contributed by atoms with Crippen LogP contribution in [-0.2, 0) is 0 Å². The maximum Gasteiger partial charge on any atom is 0.146 e. The van der Waals surface area contributed by atoms with Crippen molar-refractivity contribution in [3.8, 4) is 5.69 Å². The van der Waals surface area contributed by atoms with Crippen LogP contribution in [-0.4, -0.2) is 9.78 Å². The summed E-state index contributed by atoms with van der Waals surface area (Å²) in [5.74, 6) is -0.405. The predicted molar refractivity (Wildman–Crippen MR) is 52.7 cm³/mol. The molecule has 0 radical (unpaired) electrons. The van der Waals surface area contributed by atoms with Gasteiger partial charge in [-0.1, -0.05) is 0 Å². The quantitative estimate of drug-likeness (QED) is 0.699. The fourth-order valence-corrected chi connectivity index (χ4v) is 1.23. The lowest BCUT2D eigenvalue weighted by molar-refractivity contribution is 0.631. The maximum atomic E-state index is 12.9. The average molecular weight is 191 g/mol. The third-order valence-corrected chi connectivity index (χ3v) is 1.97. The third kappa shape index (κ3) is 1.46. The van der Waals surface area contributed by atoms with E-state index in [9.17, 15) is 4.39 Å². The number of aryl methyl sites for hydroxylation is 1. The van der Waals surface area contributed by atoms with Gasteiger partial charge < -0.3 is 5.73 Å². The third-order valence-electron chi connectivity index (χ3n) is 1.97. The zero-order chi connectivity index (χ0) is 10.1. The molecule has 0 saturated heterocycles. The zero-order valence-corrected chi connectivity index (χ0v) is 7.74. The molecule has 0 aliphatic carbocycles. The number of rotatable bonds is 1. The Labute approximate surface area is 81.0 Å². The average Bonchev–Trinajstić information content (AvgIpc) is 2.57. The van der Waals surface area contributed by atoms with Crippen LogP contribution >= 0.6 is 0 Å². The van der Waals surface area contributed by atoms with Crippen molar-refractivity contribution in [2.75, 3.05) is 5.73 Å². The summed E-state index contributed by atoms with van der Waals surface area (Å²) in [6.45, 7) is 1.89. The number of hydrogen-bond acceptors (Lipinski definition) is 2. The molecule has 1 aromatic carbocycles. The van der Waals surface area contributed by atoms with Gasteiger partial charge in [-0.3, -0.25) is 0 Å². The van der Waals surface area contributed by atoms with E-state index in [1.165, 1.54) is 6.07 Å². The van der Waals surface area contributed by atoms with E-state index < -0.39 is 5.82 Å². The largest absolute Gasteiger partial charge is 0.396 e. The van der Waals surface area contributed by atoms with Crippen LogP contribution in [0.5, 0.6) is 0 Å². The highest BCUT2D eigenvalue weighted by Gasteiger charge is 2.02. The number of hydrogen-bond donors (Lipinski definition) is 1. The summed E-state index contributed by atoms with van der Waals surface area (Å²) >= 11 is 0. The van der Waals surface area contributed by atoms with Gasteiger partial charge in [0, 0.05) is 6.20 Å². The Balaban J connectivity index is 2.47. The van der Waals surface area contributed by atoms with Crippen molar-refractivity contribution in [3.05, 3.63) is 42.0 Å². The number of nitrogen functional groups attached to an aromatic ring is 1. The summed E-state index contributed by atoms with van der Waals surface area (Å²) < 4.78 is 14.5. The molecule has 2 rings (SSSR count). The fourth-order valence-electron chi connectivity index (χ4n) is 1.23. The van der Waals surface area contributed by atoms with Gasteiger partial charge in [-0.2, -0.15) is 5.10 Å². The van der Waals surface area contributed by atoms with Crippen molar-refractivity contribution in [2.24, 2.45) is 0 Å². The second kappa shape index (κ2) is 3.14. The van der Waals surface area contributed by atoms with E-state index in [0.717, 1.165) is 11.4 Å². The number of nitrogens with zero attached hydrogens (tertiary/aromatic N) is 2. The molecular formula is C10H10FN3. The first kappa shape index (κ1) is 8.74. The van der Waals surface area contributed by atoms with Gasteiger partial charge in [-0.15, -0.1) is 0 Å². The summed E-state index contributed by atoms with van der Waals surface area (Å²) in [4.78, 5) is 0. The molecule has 0 saturated carbocycles. The number of halogens is 1. The minimum Gasteiger partial charge on any atom is -0.396 e. The maximum absolute atomic E-state index is 12.9. The molecule has 4 heteroatoms. The highest BCUT2D eigenvalue weighted by molar-refractivity contribution is 5.48. The zero-order valence-electron chi connectivity index (χ0n) is 7.74. The van der Waals surface area contributed by atoms with Crippen molar-refractivity contribution in [2.45, 2.75) is 6.92 Å². The molecule has 0 atom stereocenters. The lowest BCUT2D eigenvalue weighted by atomic mass is 10.3. The first-order chi connectivity index (χ1) is 6.66. The Morgan fingerprint density at radius 1 is 1.36 bits per heavy atom. The van der Waals surface area contributed by atoms with Crippen LogP contribution in [0.3, 0.4) is 0 Å². The van der Waals surface area contributed by atoms with Crippen molar-refractivity contribution in [1.29, 1.82) is 0 Å². The van der Waals surface area contributed by atoms with E-state index in [4.69, 9.17) is 5.73 Å². The Hall–Kier alpha value is -1.84. The second-order valence-corrected chi connectivity index (χ2v) is 3.11. The monoisotopic (exact) mass is 191 g/mol. The lowest BCUT2D eigenvalue weighted by Gasteiger charge is -2.02. The first-order valence-electron chi connectivity index (χ1n) is 4.24. The molecule has 2 N–H and O–H groups in total. The van der Waals surface area contributed by atoms with Crippen LogP contribution in [0.25, 0.3) is 5.69 Å². The van der Waals surface area contributed by atoms with E-state index in [0.29, 0.717) is 0 Å². The van der Waals surface area contributed by atoms with Crippen LogP contribution in [0.1, 0.15) is 5.69 Å². The molecule has 14 heavy (non-hydrogen) atoms. The van der Waals surface area contributed by atoms with E-state index in [2.05, 4.69) is 5.10 Å². The summed E-state index contributed by atoms with van der Waals surface area (Å²) in [7, 11) is 0. The molecule has 2 aromatic rings. The van der Waals surface area contributed by atoms with Crippen LogP contribution in [0.4, 0.5) is 10.1 Å². The Morgan fingerprint density at radius 3 is 2.71 bits per heavy atom. The molecule has 0 unspecified atom stereocenters. The van der Waals surface area contributed by atoms with Gasteiger partial charge >= 0.3 is 0 Å². The van der Waals surface area contributed by atoms with Gasteiger partial charge in [0.2, 0.25) is 0 Å². The van der Waals surface area contributed by atoms with E-state index >= 15 is 0 Å². The summed E-state index contributed by atoms with van der Waals surface area (Å²) in [6.07, 6.45) is 1.81.